The van der Waals surface area contributed by atoms with Crippen LogP contribution < -0.4 is 0 Å². The molecule has 1 fully saturated rings. The molecule has 3 heterocycles. The fourth-order valence-electron chi connectivity index (χ4n) is 3.02. The van der Waals surface area contributed by atoms with Crippen LogP contribution in [-0.2, 0) is 13.0 Å². The molecule has 1 saturated heterocycles. The highest BCUT2D eigenvalue weighted by Crippen LogP contribution is 2.19. The summed E-state index contributed by atoms with van der Waals surface area (Å²) in [4.78, 5) is 15.0. The van der Waals surface area contributed by atoms with Crippen molar-refractivity contribution in [2.45, 2.75) is 39.3 Å². The summed E-state index contributed by atoms with van der Waals surface area (Å²) >= 11 is 1.78. The summed E-state index contributed by atoms with van der Waals surface area (Å²) in [5.74, 6) is 1.70. The Labute approximate surface area is 136 Å². The van der Waals surface area contributed by atoms with Crippen molar-refractivity contribution in [3.05, 3.63) is 33.9 Å². The van der Waals surface area contributed by atoms with E-state index in [4.69, 9.17) is 4.42 Å². The standard InChI is InChI=1S/C16H24N4OS/c1-12-8-17-16(21-12)10-19(3)14-4-6-20(9-14)7-5-15-13(2)18-11-22-15/h8,11,14H,4-7,9-10H2,1-3H3. The summed E-state index contributed by atoms with van der Waals surface area (Å²) in [5.41, 5.74) is 3.14. The highest BCUT2D eigenvalue weighted by molar-refractivity contribution is 7.09. The van der Waals surface area contributed by atoms with Gasteiger partial charge < -0.3 is 9.32 Å². The van der Waals surface area contributed by atoms with Crippen LogP contribution >= 0.6 is 11.3 Å². The van der Waals surface area contributed by atoms with Gasteiger partial charge >= 0.3 is 0 Å². The highest BCUT2D eigenvalue weighted by Gasteiger charge is 2.26. The average molecular weight is 320 g/mol. The predicted molar refractivity (Wildman–Crippen MR) is 88.1 cm³/mol. The molecule has 2 aromatic rings. The van der Waals surface area contributed by atoms with Gasteiger partial charge in [0.05, 0.1) is 23.9 Å². The second kappa shape index (κ2) is 6.89. The van der Waals surface area contributed by atoms with E-state index in [1.165, 1.54) is 23.5 Å². The van der Waals surface area contributed by atoms with Crippen LogP contribution in [0.25, 0.3) is 0 Å². The van der Waals surface area contributed by atoms with E-state index >= 15 is 0 Å². The zero-order valence-electron chi connectivity index (χ0n) is 13.6. The molecule has 6 heteroatoms. The van der Waals surface area contributed by atoms with E-state index in [0.29, 0.717) is 6.04 Å². The molecule has 0 bridgehead atoms. The Bertz CT molecular complexity index is 609. The predicted octanol–water partition coefficient (Wildman–Crippen LogP) is 2.50. The molecule has 0 N–H and O–H groups in total. The van der Waals surface area contributed by atoms with Crippen LogP contribution in [0.5, 0.6) is 0 Å². The van der Waals surface area contributed by atoms with Crippen molar-refractivity contribution >= 4 is 11.3 Å². The van der Waals surface area contributed by atoms with Gasteiger partial charge in [0.25, 0.3) is 0 Å². The minimum Gasteiger partial charge on any atom is -0.445 e. The third-order valence-electron chi connectivity index (χ3n) is 4.42. The zero-order chi connectivity index (χ0) is 15.5. The van der Waals surface area contributed by atoms with Crippen molar-refractivity contribution in [3.63, 3.8) is 0 Å². The van der Waals surface area contributed by atoms with Crippen LogP contribution in [0.3, 0.4) is 0 Å². The zero-order valence-corrected chi connectivity index (χ0v) is 14.4. The van der Waals surface area contributed by atoms with Gasteiger partial charge in [0.2, 0.25) is 5.89 Å². The number of rotatable bonds is 6. The van der Waals surface area contributed by atoms with E-state index < -0.39 is 0 Å². The number of thiazole rings is 1. The fraction of sp³-hybridized carbons (Fsp3) is 0.625. The van der Waals surface area contributed by atoms with E-state index in [-0.39, 0.29) is 0 Å². The maximum absolute atomic E-state index is 5.58. The third kappa shape index (κ3) is 3.74. The molecule has 3 rings (SSSR count). The summed E-state index contributed by atoms with van der Waals surface area (Å²) in [5, 5.41) is 0. The van der Waals surface area contributed by atoms with Crippen molar-refractivity contribution in [2.24, 2.45) is 0 Å². The maximum Gasteiger partial charge on any atom is 0.208 e. The van der Waals surface area contributed by atoms with E-state index in [9.17, 15) is 0 Å². The van der Waals surface area contributed by atoms with E-state index in [1.54, 1.807) is 17.5 Å². The molecule has 1 aliphatic rings. The van der Waals surface area contributed by atoms with Crippen LogP contribution in [-0.4, -0.2) is 52.5 Å². The Balaban J connectivity index is 1.46. The van der Waals surface area contributed by atoms with Gasteiger partial charge in [-0.1, -0.05) is 0 Å². The van der Waals surface area contributed by atoms with Crippen LogP contribution in [0, 0.1) is 13.8 Å². The smallest absolute Gasteiger partial charge is 0.208 e. The number of likely N-dealkylation sites (N-methyl/N-ethyl adjacent to an activating group) is 1. The van der Waals surface area contributed by atoms with Gasteiger partial charge in [-0.2, -0.15) is 0 Å². The number of hydrogen-bond donors (Lipinski definition) is 0. The van der Waals surface area contributed by atoms with Crippen molar-refractivity contribution < 1.29 is 4.42 Å². The second-order valence-corrected chi connectivity index (χ2v) is 7.07. The van der Waals surface area contributed by atoms with Gasteiger partial charge in [0.1, 0.15) is 5.76 Å². The molecular weight excluding hydrogens is 296 g/mol. The molecule has 0 spiro atoms. The number of aromatic nitrogens is 2. The summed E-state index contributed by atoms with van der Waals surface area (Å²) in [6, 6.07) is 0.592. The fourth-order valence-corrected chi connectivity index (χ4v) is 3.79. The Hall–Kier alpha value is -1.24. The lowest BCUT2D eigenvalue weighted by Gasteiger charge is -2.23. The first-order valence-electron chi connectivity index (χ1n) is 7.84. The SMILES string of the molecule is Cc1cnc(CN(C)C2CCN(CCc3scnc3C)C2)o1. The first kappa shape index (κ1) is 15.6. The first-order valence-corrected chi connectivity index (χ1v) is 8.72. The van der Waals surface area contributed by atoms with Crippen LogP contribution in [0.2, 0.25) is 0 Å². The second-order valence-electron chi connectivity index (χ2n) is 6.13. The Kier molecular flexibility index (Phi) is 4.90. The summed E-state index contributed by atoms with van der Waals surface area (Å²) < 4.78 is 5.58. The van der Waals surface area contributed by atoms with E-state index in [1.807, 2.05) is 12.4 Å². The molecule has 0 aromatic carbocycles. The Morgan fingerprint density at radius 1 is 1.41 bits per heavy atom. The quantitative estimate of drug-likeness (QED) is 0.818. The minimum absolute atomic E-state index is 0.592. The number of oxazole rings is 1. The Morgan fingerprint density at radius 2 is 2.27 bits per heavy atom. The number of likely N-dealkylation sites (tertiary alicyclic amines) is 1. The maximum atomic E-state index is 5.58. The molecule has 120 valence electrons. The number of aryl methyl sites for hydroxylation is 2. The molecule has 0 saturated carbocycles. The van der Waals surface area contributed by atoms with Gasteiger partial charge in [-0.05, 0) is 40.3 Å². The summed E-state index contributed by atoms with van der Waals surface area (Å²) in [6.07, 6.45) is 4.13. The summed E-state index contributed by atoms with van der Waals surface area (Å²) in [7, 11) is 2.17. The van der Waals surface area contributed by atoms with Gasteiger partial charge in [-0.15, -0.1) is 11.3 Å². The van der Waals surface area contributed by atoms with E-state index in [2.05, 4.69) is 33.7 Å². The average Bonchev–Trinajstić information content (AvgIpc) is 3.19. The third-order valence-corrected chi connectivity index (χ3v) is 5.42. The normalized spacial score (nSPS) is 19.4. The van der Waals surface area contributed by atoms with E-state index in [0.717, 1.165) is 37.7 Å². The van der Waals surface area contributed by atoms with Crippen molar-refractivity contribution in [1.82, 2.24) is 19.8 Å². The molecule has 2 aromatic heterocycles. The molecule has 1 unspecified atom stereocenters. The topological polar surface area (TPSA) is 45.4 Å². The first-order chi connectivity index (χ1) is 10.6. The van der Waals surface area contributed by atoms with Crippen molar-refractivity contribution in [3.8, 4) is 0 Å². The monoisotopic (exact) mass is 320 g/mol. The molecule has 1 atom stereocenters. The summed E-state index contributed by atoms with van der Waals surface area (Å²) in [6.45, 7) is 8.28. The van der Waals surface area contributed by atoms with Crippen LogP contribution in [0.4, 0.5) is 0 Å². The molecular formula is C16H24N4OS. The largest absolute Gasteiger partial charge is 0.445 e. The molecule has 22 heavy (non-hydrogen) atoms. The number of hydrogen-bond acceptors (Lipinski definition) is 6. The molecule has 5 nitrogen and oxygen atoms in total. The lowest BCUT2D eigenvalue weighted by Crippen LogP contribution is -2.34. The minimum atomic E-state index is 0.592. The number of nitrogens with zero attached hydrogens (tertiary/aromatic N) is 4. The lowest BCUT2D eigenvalue weighted by atomic mass is 10.2. The molecule has 1 aliphatic heterocycles. The van der Waals surface area contributed by atoms with Crippen LogP contribution in [0.1, 0.15) is 28.6 Å². The lowest BCUT2D eigenvalue weighted by molar-refractivity contribution is 0.206. The van der Waals surface area contributed by atoms with Gasteiger partial charge in [-0.25, -0.2) is 9.97 Å². The highest BCUT2D eigenvalue weighted by atomic mass is 32.1. The Morgan fingerprint density at radius 3 is 2.95 bits per heavy atom. The molecule has 0 aliphatic carbocycles. The molecule has 0 radical (unpaired) electrons. The van der Waals surface area contributed by atoms with Gasteiger partial charge in [-0.3, -0.25) is 4.90 Å². The van der Waals surface area contributed by atoms with Crippen LogP contribution in [0.15, 0.2) is 16.1 Å². The van der Waals surface area contributed by atoms with Crippen molar-refractivity contribution in [2.75, 3.05) is 26.7 Å². The van der Waals surface area contributed by atoms with Gasteiger partial charge in [0.15, 0.2) is 0 Å². The van der Waals surface area contributed by atoms with Gasteiger partial charge in [0, 0.05) is 24.0 Å². The van der Waals surface area contributed by atoms with Crippen molar-refractivity contribution in [1.29, 1.82) is 0 Å². The molecule has 0 amide bonds.